The number of carbonyl (C=O) groups excluding carboxylic acids is 1. The molecule has 0 aliphatic heterocycles. The molecule has 5 nitrogen and oxygen atoms in total. The standard InChI is InChI=1S/C19H20N4O/c1-14-9-10-17(11-15(14)2)23-13-18(20-21-23)19(24)22(3)12-16-7-5-4-6-8-16/h4-11,13H,12H2,1-3H3. The van der Waals surface area contributed by atoms with Gasteiger partial charge in [-0.15, -0.1) is 5.10 Å². The van der Waals surface area contributed by atoms with Gasteiger partial charge in [-0.2, -0.15) is 0 Å². The molecule has 0 radical (unpaired) electrons. The van der Waals surface area contributed by atoms with E-state index in [4.69, 9.17) is 0 Å². The molecule has 1 amide bonds. The Labute approximate surface area is 141 Å². The van der Waals surface area contributed by atoms with Crippen molar-refractivity contribution in [2.45, 2.75) is 20.4 Å². The summed E-state index contributed by atoms with van der Waals surface area (Å²) in [6.07, 6.45) is 1.67. The van der Waals surface area contributed by atoms with Gasteiger partial charge < -0.3 is 4.90 Å². The average Bonchev–Trinajstić information content (AvgIpc) is 3.07. The zero-order valence-corrected chi connectivity index (χ0v) is 14.1. The lowest BCUT2D eigenvalue weighted by Crippen LogP contribution is -2.26. The summed E-state index contributed by atoms with van der Waals surface area (Å²) >= 11 is 0. The lowest BCUT2D eigenvalue weighted by atomic mass is 10.1. The molecule has 0 N–H and O–H groups in total. The fraction of sp³-hybridized carbons (Fsp3) is 0.211. The summed E-state index contributed by atoms with van der Waals surface area (Å²) in [6, 6.07) is 15.9. The number of carbonyl (C=O) groups is 1. The molecule has 0 aliphatic carbocycles. The van der Waals surface area contributed by atoms with Crippen molar-refractivity contribution in [1.29, 1.82) is 0 Å². The number of amides is 1. The minimum Gasteiger partial charge on any atom is -0.336 e. The highest BCUT2D eigenvalue weighted by Crippen LogP contribution is 2.14. The van der Waals surface area contributed by atoms with Crippen LogP contribution in [0.25, 0.3) is 5.69 Å². The van der Waals surface area contributed by atoms with Gasteiger partial charge in [0.1, 0.15) is 0 Å². The van der Waals surface area contributed by atoms with Crippen LogP contribution in [-0.4, -0.2) is 32.8 Å². The summed E-state index contributed by atoms with van der Waals surface area (Å²) in [4.78, 5) is 14.2. The molecule has 122 valence electrons. The molecule has 3 rings (SSSR count). The molecule has 1 aromatic heterocycles. The molecule has 0 saturated carbocycles. The van der Waals surface area contributed by atoms with E-state index in [-0.39, 0.29) is 5.91 Å². The van der Waals surface area contributed by atoms with Gasteiger partial charge in [0, 0.05) is 13.6 Å². The molecule has 0 saturated heterocycles. The molecule has 0 fully saturated rings. The van der Waals surface area contributed by atoms with Crippen LogP contribution in [0.15, 0.2) is 54.7 Å². The van der Waals surface area contributed by atoms with Crippen molar-refractivity contribution in [3.63, 3.8) is 0 Å². The summed E-state index contributed by atoms with van der Waals surface area (Å²) in [5.41, 5.74) is 4.71. The molecule has 0 bridgehead atoms. The summed E-state index contributed by atoms with van der Waals surface area (Å²) in [6.45, 7) is 4.65. The number of nitrogens with zero attached hydrogens (tertiary/aromatic N) is 4. The Morgan fingerprint density at radius 3 is 2.54 bits per heavy atom. The largest absolute Gasteiger partial charge is 0.336 e. The van der Waals surface area contributed by atoms with Gasteiger partial charge in [0.15, 0.2) is 5.69 Å². The highest BCUT2D eigenvalue weighted by Gasteiger charge is 2.16. The van der Waals surface area contributed by atoms with E-state index < -0.39 is 0 Å². The number of aryl methyl sites for hydroxylation is 2. The summed E-state index contributed by atoms with van der Waals surface area (Å²) < 4.78 is 1.63. The number of hydrogen-bond acceptors (Lipinski definition) is 3. The van der Waals surface area contributed by atoms with Gasteiger partial charge in [0.05, 0.1) is 11.9 Å². The lowest BCUT2D eigenvalue weighted by Gasteiger charge is -2.15. The van der Waals surface area contributed by atoms with Crippen LogP contribution in [-0.2, 0) is 6.54 Å². The van der Waals surface area contributed by atoms with Crippen LogP contribution >= 0.6 is 0 Å². The quantitative estimate of drug-likeness (QED) is 0.742. The first-order valence-corrected chi connectivity index (χ1v) is 7.84. The van der Waals surface area contributed by atoms with E-state index in [1.807, 2.05) is 48.5 Å². The van der Waals surface area contributed by atoms with E-state index >= 15 is 0 Å². The Bertz CT molecular complexity index is 855. The van der Waals surface area contributed by atoms with Gasteiger partial charge in [-0.25, -0.2) is 4.68 Å². The van der Waals surface area contributed by atoms with Crippen molar-refractivity contribution in [2.75, 3.05) is 7.05 Å². The Kier molecular flexibility index (Phi) is 4.42. The number of rotatable bonds is 4. The number of aromatic nitrogens is 3. The molecule has 0 aliphatic rings. The van der Waals surface area contributed by atoms with E-state index in [0.717, 1.165) is 11.3 Å². The molecule has 0 atom stereocenters. The Morgan fingerprint density at radius 1 is 1.08 bits per heavy atom. The molecular weight excluding hydrogens is 300 g/mol. The first-order chi connectivity index (χ1) is 11.5. The van der Waals surface area contributed by atoms with Gasteiger partial charge in [-0.1, -0.05) is 41.6 Å². The Hall–Kier alpha value is -2.95. The Balaban J connectivity index is 1.77. The van der Waals surface area contributed by atoms with E-state index in [1.165, 1.54) is 11.1 Å². The van der Waals surface area contributed by atoms with Crippen LogP contribution < -0.4 is 0 Å². The molecular formula is C19H20N4O. The normalized spacial score (nSPS) is 10.6. The monoisotopic (exact) mass is 320 g/mol. The lowest BCUT2D eigenvalue weighted by molar-refractivity contribution is 0.0779. The van der Waals surface area contributed by atoms with E-state index in [0.29, 0.717) is 12.2 Å². The SMILES string of the molecule is Cc1ccc(-n2cc(C(=O)N(C)Cc3ccccc3)nn2)cc1C. The zero-order chi connectivity index (χ0) is 17.1. The minimum atomic E-state index is -0.145. The Morgan fingerprint density at radius 2 is 1.83 bits per heavy atom. The van der Waals surface area contributed by atoms with E-state index in [1.54, 1.807) is 22.8 Å². The number of hydrogen-bond donors (Lipinski definition) is 0. The van der Waals surface area contributed by atoms with Crippen LogP contribution in [0.4, 0.5) is 0 Å². The summed E-state index contributed by atoms with van der Waals surface area (Å²) in [5.74, 6) is -0.145. The minimum absolute atomic E-state index is 0.145. The third-order valence-corrected chi connectivity index (χ3v) is 4.08. The third-order valence-electron chi connectivity index (χ3n) is 4.08. The van der Waals surface area contributed by atoms with E-state index in [2.05, 4.69) is 24.2 Å². The van der Waals surface area contributed by atoms with Crippen molar-refractivity contribution in [1.82, 2.24) is 19.9 Å². The molecule has 0 unspecified atom stereocenters. The first-order valence-electron chi connectivity index (χ1n) is 7.84. The molecule has 2 aromatic carbocycles. The van der Waals surface area contributed by atoms with Crippen molar-refractivity contribution in [3.05, 3.63) is 77.1 Å². The highest BCUT2D eigenvalue weighted by atomic mass is 16.2. The maximum Gasteiger partial charge on any atom is 0.276 e. The van der Waals surface area contributed by atoms with Crippen molar-refractivity contribution in [3.8, 4) is 5.69 Å². The second-order valence-corrected chi connectivity index (χ2v) is 5.96. The van der Waals surface area contributed by atoms with Crippen LogP contribution in [0.2, 0.25) is 0 Å². The van der Waals surface area contributed by atoms with Crippen LogP contribution in [0.5, 0.6) is 0 Å². The van der Waals surface area contributed by atoms with Gasteiger partial charge >= 0.3 is 0 Å². The zero-order valence-electron chi connectivity index (χ0n) is 14.1. The average molecular weight is 320 g/mol. The number of benzene rings is 2. The highest BCUT2D eigenvalue weighted by molar-refractivity contribution is 5.91. The van der Waals surface area contributed by atoms with Gasteiger partial charge in [0.25, 0.3) is 5.91 Å². The second-order valence-electron chi connectivity index (χ2n) is 5.96. The van der Waals surface area contributed by atoms with E-state index in [9.17, 15) is 4.79 Å². The fourth-order valence-corrected chi connectivity index (χ4v) is 2.48. The smallest absolute Gasteiger partial charge is 0.276 e. The van der Waals surface area contributed by atoms with Crippen LogP contribution in [0.3, 0.4) is 0 Å². The van der Waals surface area contributed by atoms with Crippen molar-refractivity contribution >= 4 is 5.91 Å². The van der Waals surface area contributed by atoms with Gasteiger partial charge in [-0.05, 0) is 42.7 Å². The van der Waals surface area contributed by atoms with Gasteiger partial charge in [-0.3, -0.25) is 4.79 Å². The fourth-order valence-electron chi connectivity index (χ4n) is 2.48. The molecule has 1 heterocycles. The van der Waals surface area contributed by atoms with Crippen molar-refractivity contribution < 1.29 is 4.79 Å². The topological polar surface area (TPSA) is 51.0 Å². The van der Waals surface area contributed by atoms with Crippen LogP contribution in [0.1, 0.15) is 27.2 Å². The second kappa shape index (κ2) is 6.66. The van der Waals surface area contributed by atoms with Crippen LogP contribution in [0, 0.1) is 13.8 Å². The third kappa shape index (κ3) is 3.35. The summed E-state index contributed by atoms with van der Waals surface area (Å²) in [5, 5.41) is 8.12. The van der Waals surface area contributed by atoms with Gasteiger partial charge in [0.2, 0.25) is 0 Å². The summed E-state index contributed by atoms with van der Waals surface area (Å²) in [7, 11) is 1.77. The maximum absolute atomic E-state index is 12.5. The predicted molar refractivity (Wildman–Crippen MR) is 93.1 cm³/mol. The maximum atomic E-state index is 12.5. The molecule has 0 spiro atoms. The molecule has 5 heteroatoms. The first kappa shape index (κ1) is 15.9. The van der Waals surface area contributed by atoms with Crippen molar-refractivity contribution in [2.24, 2.45) is 0 Å². The molecule has 24 heavy (non-hydrogen) atoms. The predicted octanol–water partition coefficient (Wildman–Crippen LogP) is 3.16. The molecule has 3 aromatic rings.